The van der Waals surface area contributed by atoms with Crippen LogP contribution < -0.4 is 0 Å². The van der Waals surface area contributed by atoms with Crippen molar-refractivity contribution < 1.29 is 8.42 Å². The van der Waals surface area contributed by atoms with Gasteiger partial charge in [-0.3, -0.25) is 0 Å². The van der Waals surface area contributed by atoms with Crippen LogP contribution in [0.1, 0.15) is 17.3 Å². The summed E-state index contributed by atoms with van der Waals surface area (Å²) in [6, 6.07) is 18.3. The van der Waals surface area contributed by atoms with E-state index in [0.717, 1.165) is 20.2 Å². The van der Waals surface area contributed by atoms with E-state index in [1.807, 2.05) is 42.6 Å². The molecule has 26 heavy (non-hydrogen) atoms. The van der Waals surface area contributed by atoms with Gasteiger partial charge in [-0.1, -0.05) is 44.0 Å². The molecule has 0 aliphatic carbocycles. The van der Waals surface area contributed by atoms with Gasteiger partial charge in [-0.25, -0.2) is 8.42 Å². The molecule has 0 radical (unpaired) electrons. The van der Waals surface area contributed by atoms with Crippen LogP contribution in [0.4, 0.5) is 0 Å². The van der Waals surface area contributed by atoms with Gasteiger partial charge >= 0.3 is 0 Å². The molecule has 0 saturated heterocycles. The summed E-state index contributed by atoms with van der Waals surface area (Å²) >= 11 is 6.81. The molecule has 1 aliphatic rings. The second-order valence-corrected chi connectivity index (χ2v) is 9.87. The van der Waals surface area contributed by atoms with Crippen LogP contribution in [0.25, 0.3) is 0 Å². The molecule has 1 atom stereocenters. The van der Waals surface area contributed by atoms with Crippen molar-refractivity contribution >= 4 is 41.9 Å². The van der Waals surface area contributed by atoms with E-state index in [-0.39, 0.29) is 6.04 Å². The Bertz CT molecular complexity index is 1030. The second kappa shape index (κ2) is 6.96. The van der Waals surface area contributed by atoms with E-state index in [9.17, 15) is 8.42 Å². The van der Waals surface area contributed by atoms with E-state index in [1.54, 1.807) is 28.6 Å². The first-order valence-corrected chi connectivity index (χ1v) is 11.2. The van der Waals surface area contributed by atoms with Gasteiger partial charge in [-0.2, -0.15) is 4.31 Å². The number of fused-ring (bicyclic) bond motifs is 1. The van der Waals surface area contributed by atoms with E-state index < -0.39 is 10.0 Å². The van der Waals surface area contributed by atoms with E-state index in [2.05, 4.69) is 36.4 Å². The molecule has 0 spiro atoms. The average molecular weight is 496 g/mol. The summed E-state index contributed by atoms with van der Waals surface area (Å²) in [5.74, 6) is 0. The Morgan fingerprint density at radius 3 is 2.12 bits per heavy atom. The van der Waals surface area contributed by atoms with Gasteiger partial charge in [0.15, 0.2) is 0 Å². The number of benzene rings is 2. The van der Waals surface area contributed by atoms with Crippen LogP contribution in [0.15, 0.2) is 80.7 Å². The van der Waals surface area contributed by atoms with Crippen molar-refractivity contribution in [2.24, 2.45) is 0 Å². The summed E-state index contributed by atoms with van der Waals surface area (Å²) in [7, 11) is -3.62. The van der Waals surface area contributed by atoms with Crippen LogP contribution in [-0.4, -0.2) is 23.8 Å². The van der Waals surface area contributed by atoms with Crippen molar-refractivity contribution in [3.63, 3.8) is 0 Å². The lowest BCUT2D eigenvalue weighted by atomic mass is 10.0. The molecule has 3 aromatic rings. The fourth-order valence-electron chi connectivity index (χ4n) is 3.35. The van der Waals surface area contributed by atoms with Gasteiger partial charge in [0.2, 0.25) is 10.0 Å². The number of hydrogen-bond acceptors (Lipinski definition) is 2. The largest absolute Gasteiger partial charge is 0.348 e. The maximum absolute atomic E-state index is 13.4. The first-order valence-electron chi connectivity index (χ1n) is 8.15. The molecule has 0 saturated carbocycles. The van der Waals surface area contributed by atoms with Gasteiger partial charge in [-0.15, -0.1) is 0 Å². The van der Waals surface area contributed by atoms with Crippen molar-refractivity contribution in [3.05, 3.63) is 87.1 Å². The number of rotatable bonds is 3. The SMILES string of the molecule is O=S(=O)(c1ccc(Br)cc1)N1CCn2cccc2[C@H]1c1ccc(Br)cc1. The zero-order valence-corrected chi connectivity index (χ0v) is 17.7. The lowest BCUT2D eigenvalue weighted by Crippen LogP contribution is -2.42. The Hall–Kier alpha value is -1.41. The van der Waals surface area contributed by atoms with Gasteiger partial charge in [0, 0.05) is 33.9 Å². The van der Waals surface area contributed by atoms with E-state index in [0.29, 0.717) is 18.0 Å². The van der Waals surface area contributed by atoms with Crippen molar-refractivity contribution in [3.8, 4) is 0 Å². The van der Waals surface area contributed by atoms with Crippen LogP contribution >= 0.6 is 31.9 Å². The van der Waals surface area contributed by atoms with Crippen molar-refractivity contribution in [1.82, 2.24) is 8.87 Å². The van der Waals surface area contributed by atoms with Gasteiger partial charge in [0.05, 0.1) is 10.9 Å². The molecule has 1 aliphatic heterocycles. The van der Waals surface area contributed by atoms with Crippen molar-refractivity contribution in [2.45, 2.75) is 17.5 Å². The lowest BCUT2D eigenvalue weighted by molar-refractivity contribution is 0.298. The zero-order chi connectivity index (χ0) is 18.3. The van der Waals surface area contributed by atoms with E-state index in [1.165, 1.54) is 0 Å². The predicted octanol–water partition coefficient (Wildman–Crippen LogP) is 4.81. The molecule has 0 amide bonds. The standard InChI is InChI=1S/C19H16Br2N2O2S/c20-15-5-3-14(4-6-15)19-18-2-1-11-22(18)12-13-23(19)26(24,25)17-9-7-16(21)8-10-17/h1-11,19H,12-13H2/t19-/m1/s1. The molecule has 7 heteroatoms. The zero-order valence-electron chi connectivity index (χ0n) is 13.7. The topological polar surface area (TPSA) is 42.3 Å². The highest BCUT2D eigenvalue weighted by molar-refractivity contribution is 9.10. The molecular formula is C19H16Br2N2O2S. The van der Waals surface area contributed by atoms with E-state index >= 15 is 0 Å². The summed E-state index contributed by atoms with van der Waals surface area (Å²) in [4.78, 5) is 0.308. The monoisotopic (exact) mass is 494 g/mol. The predicted molar refractivity (Wildman–Crippen MR) is 108 cm³/mol. The van der Waals surface area contributed by atoms with Gasteiger partial charge in [-0.05, 0) is 54.1 Å². The minimum absolute atomic E-state index is 0.308. The second-order valence-electron chi connectivity index (χ2n) is 6.15. The van der Waals surface area contributed by atoms with Crippen LogP contribution in [0.3, 0.4) is 0 Å². The van der Waals surface area contributed by atoms with Crippen molar-refractivity contribution in [1.29, 1.82) is 0 Å². The number of nitrogens with zero attached hydrogens (tertiary/aromatic N) is 2. The number of hydrogen-bond donors (Lipinski definition) is 0. The Balaban J connectivity index is 1.83. The normalized spacial score (nSPS) is 17.8. The van der Waals surface area contributed by atoms with Crippen LogP contribution in [0, 0.1) is 0 Å². The van der Waals surface area contributed by atoms with Gasteiger partial charge < -0.3 is 4.57 Å². The molecule has 0 bridgehead atoms. The highest BCUT2D eigenvalue weighted by atomic mass is 79.9. The van der Waals surface area contributed by atoms with Crippen LogP contribution in [0.5, 0.6) is 0 Å². The molecule has 134 valence electrons. The third-order valence-corrected chi connectivity index (χ3v) is 7.54. The lowest BCUT2D eigenvalue weighted by Gasteiger charge is -2.36. The molecule has 2 aromatic carbocycles. The molecule has 1 aromatic heterocycles. The minimum atomic E-state index is -3.62. The molecule has 2 heterocycles. The Labute approximate surface area is 169 Å². The fraction of sp³-hybridized carbons (Fsp3) is 0.158. The summed E-state index contributed by atoms with van der Waals surface area (Å²) in [5.41, 5.74) is 1.94. The maximum atomic E-state index is 13.4. The first-order chi connectivity index (χ1) is 12.5. The molecule has 0 N–H and O–H groups in total. The summed E-state index contributed by atoms with van der Waals surface area (Å²) < 4.78 is 32.3. The Kier molecular flexibility index (Phi) is 4.81. The third kappa shape index (κ3) is 3.17. The summed E-state index contributed by atoms with van der Waals surface area (Å²) in [6.45, 7) is 1.08. The number of aromatic nitrogens is 1. The maximum Gasteiger partial charge on any atom is 0.244 e. The minimum Gasteiger partial charge on any atom is -0.348 e. The highest BCUT2D eigenvalue weighted by Crippen LogP contribution is 2.37. The molecule has 0 unspecified atom stereocenters. The average Bonchev–Trinajstić information content (AvgIpc) is 3.11. The van der Waals surface area contributed by atoms with Gasteiger partial charge in [0.25, 0.3) is 0 Å². The summed E-state index contributed by atoms with van der Waals surface area (Å²) in [6.07, 6.45) is 2.00. The quantitative estimate of drug-likeness (QED) is 0.523. The third-order valence-electron chi connectivity index (χ3n) is 4.60. The van der Waals surface area contributed by atoms with Crippen molar-refractivity contribution in [2.75, 3.05) is 6.54 Å². The molecule has 0 fully saturated rings. The van der Waals surface area contributed by atoms with E-state index in [4.69, 9.17) is 0 Å². The number of halogens is 2. The molecule has 4 nitrogen and oxygen atoms in total. The van der Waals surface area contributed by atoms with Crippen LogP contribution in [0.2, 0.25) is 0 Å². The molecule has 4 rings (SSSR count). The summed E-state index contributed by atoms with van der Waals surface area (Å²) in [5, 5.41) is 0. The van der Waals surface area contributed by atoms with Gasteiger partial charge in [0.1, 0.15) is 0 Å². The first kappa shape index (κ1) is 18.0. The fourth-order valence-corrected chi connectivity index (χ4v) is 5.45. The Morgan fingerprint density at radius 1 is 0.846 bits per heavy atom. The number of sulfonamides is 1. The highest BCUT2D eigenvalue weighted by Gasteiger charge is 2.37. The van der Waals surface area contributed by atoms with Crippen LogP contribution in [-0.2, 0) is 16.6 Å². The Morgan fingerprint density at radius 2 is 1.46 bits per heavy atom. The smallest absolute Gasteiger partial charge is 0.244 e. The molecular weight excluding hydrogens is 480 g/mol.